The Balaban J connectivity index is 2.25. The van der Waals surface area contributed by atoms with Crippen LogP contribution in [0.3, 0.4) is 0 Å². The maximum absolute atomic E-state index is 12.3. The van der Waals surface area contributed by atoms with Crippen molar-refractivity contribution in [2.45, 2.75) is 83.8 Å². The van der Waals surface area contributed by atoms with E-state index in [0.29, 0.717) is 13.2 Å². The van der Waals surface area contributed by atoms with Crippen molar-refractivity contribution in [2.75, 3.05) is 20.5 Å². The second kappa shape index (κ2) is 10.8. The second-order valence-electron chi connectivity index (χ2n) is 10.4. The van der Waals surface area contributed by atoms with Gasteiger partial charge in [-0.2, -0.15) is 0 Å². The van der Waals surface area contributed by atoms with Gasteiger partial charge in [0.2, 0.25) is 0 Å². The zero-order valence-electron chi connectivity index (χ0n) is 20.7. The van der Waals surface area contributed by atoms with Crippen molar-refractivity contribution in [3.05, 3.63) is 35.9 Å². The molecule has 4 atom stereocenters. The number of aliphatic hydroxyl groups excluding tert-OH is 1. The topological polar surface area (TPSA) is 83.5 Å². The highest BCUT2D eigenvalue weighted by Crippen LogP contribution is 2.38. The lowest BCUT2D eigenvalue weighted by atomic mass is 9.81. The molecule has 1 heterocycles. The van der Waals surface area contributed by atoms with Gasteiger partial charge < -0.3 is 28.5 Å². The fraction of sp³-hybridized carbons (Fsp3) is 0.708. The summed E-state index contributed by atoms with van der Waals surface area (Å²) in [5.74, 6) is -0.518. The van der Waals surface area contributed by atoms with Gasteiger partial charge in [0.15, 0.2) is 8.32 Å². The molecule has 1 aromatic carbocycles. The predicted octanol–water partition coefficient (Wildman–Crippen LogP) is 3.90. The summed E-state index contributed by atoms with van der Waals surface area (Å²) in [5.41, 5.74) is -0.196. The molecule has 1 aliphatic rings. The standard InChI is InChI=1S/C24H40O7Si/c1-23(2,3)32(7,8)31-15-18-19(28-14-17-12-10-9-11-13-17)20(30-16-29-18)21(25)24(4,5)22(26)27-6/h9-13,18-21,25H,14-16H2,1-8H3/t18-,19-,20+,21-/m1/s1. The van der Waals surface area contributed by atoms with E-state index in [1.165, 1.54) is 7.11 Å². The van der Waals surface area contributed by atoms with E-state index in [-0.39, 0.29) is 11.8 Å². The largest absolute Gasteiger partial charge is 0.469 e. The van der Waals surface area contributed by atoms with Crippen molar-refractivity contribution in [3.8, 4) is 0 Å². The molecule has 0 saturated carbocycles. The van der Waals surface area contributed by atoms with Gasteiger partial charge in [-0.1, -0.05) is 51.1 Å². The lowest BCUT2D eigenvalue weighted by molar-refractivity contribution is -0.278. The number of hydrogen-bond donors (Lipinski definition) is 1. The molecule has 2 rings (SSSR count). The Morgan fingerprint density at radius 3 is 2.34 bits per heavy atom. The van der Waals surface area contributed by atoms with Crippen LogP contribution in [0, 0.1) is 5.41 Å². The highest BCUT2D eigenvalue weighted by molar-refractivity contribution is 6.74. The normalized spacial score (nSPS) is 23.6. The van der Waals surface area contributed by atoms with Crippen LogP contribution in [0.25, 0.3) is 0 Å². The molecule has 1 N–H and O–H groups in total. The van der Waals surface area contributed by atoms with Crippen LogP contribution in [0.15, 0.2) is 30.3 Å². The summed E-state index contributed by atoms with van der Waals surface area (Å²) < 4.78 is 29.2. The third-order valence-electron chi connectivity index (χ3n) is 6.69. The number of esters is 1. The Kier molecular flexibility index (Phi) is 9.06. The molecule has 0 spiro atoms. The summed E-state index contributed by atoms with van der Waals surface area (Å²) in [7, 11) is -0.721. The highest BCUT2D eigenvalue weighted by Gasteiger charge is 2.49. The number of carbonyl (C=O) groups is 1. The van der Waals surface area contributed by atoms with Crippen LogP contribution in [0.4, 0.5) is 0 Å². The fourth-order valence-corrected chi connectivity index (χ4v) is 4.30. The summed E-state index contributed by atoms with van der Waals surface area (Å²) in [6, 6.07) is 9.76. The number of rotatable bonds is 9. The Morgan fingerprint density at radius 2 is 1.78 bits per heavy atom. The first-order valence-corrected chi connectivity index (χ1v) is 14.0. The second-order valence-corrected chi connectivity index (χ2v) is 15.3. The smallest absolute Gasteiger partial charge is 0.313 e. The highest BCUT2D eigenvalue weighted by atomic mass is 28.4. The SMILES string of the molecule is COC(=O)C(C)(C)[C@H](O)[C@H]1OCO[C@H](CO[Si](C)(C)C(C)(C)C)[C@H]1OCc1ccccc1. The van der Waals surface area contributed by atoms with Crippen LogP contribution in [-0.4, -0.2) is 64.3 Å². The number of ether oxygens (including phenoxy) is 4. The lowest BCUT2D eigenvalue weighted by Crippen LogP contribution is -2.59. The monoisotopic (exact) mass is 468 g/mol. The van der Waals surface area contributed by atoms with Gasteiger partial charge in [-0.05, 0) is 37.5 Å². The van der Waals surface area contributed by atoms with Gasteiger partial charge in [-0.25, -0.2) is 0 Å². The van der Waals surface area contributed by atoms with Crippen LogP contribution in [0.2, 0.25) is 18.1 Å². The maximum atomic E-state index is 12.3. The summed E-state index contributed by atoms with van der Waals surface area (Å²) in [5, 5.41) is 11.2. The molecule has 1 fully saturated rings. The Bertz CT molecular complexity index is 730. The minimum absolute atomic E-state index is 0.0181. The van der Waals surface area contributed by atoms with Crippen molar-refractivity contribution in [2.24, 2.45) is 5.41 Å². The summed E-state index contributed by atoms with van der Waals surface area (Å²) >= 11 is 0. The van der Waals surface area contributed by atoms with E-state index >= 15 is 0 Å². The molecule has 0 aliphatic carbocycles. The van der Waals surface area contributed by atoms with Gasteiger partial charge in [0.1, 0.15) is 25.1 Å². The van der Waals surface area contributed by atoms with Gasteiger partial charge in [0.05, 0.1) is 31.8 Å². The number of hydrogen-bond acceptors (Lipinski definition) is 7. The van der Waals surface area contributed by atoms with E-state index in [4.69, 9.17) is 23.4 Å². The van der Waals surface area contributed by atoms with E-state index in [0.717, 1.165) is 5.56 Å². The quantitative estimate of drug-likeness (QED) is 0.435. The van der Waals surface area contributed by atoms with Gasteiger partial charge >= 0.3 is 5.97 Å². The summed E-state index contributed by atoms with van der Waals surface area (Å²) in [6.45, 7) is 14.8. The maximum Gasteiger partial charge on any atom is 0.313 e. The molecule has 0 radical (unpaired) electrons. The first-order chi connectivity index (χ1) is 14.8. The molecule has 0 bridgehead atoms. The molecule has 1 aliphatic heterocycles. The zero-order valence-corrected chi connectivity index (χ0v) is 21.7. The van der Waals surface area contributed by atoms with Crippen LogP contribution >= 0.6 is 0 Å². The first kappa shape index (κ1) is 27.0. The van der Waals surface area contributed by atoms with Gasteiger partial charge in [0.25, 0.3) is 0 Å². The molecule has 7 nitrogen and oxygen atoms in total. The van der Waals surface area contributed by atoms with E-state index in [1.54, 1.807) is 13.8 Å². The van der Waals surface area contributed by atoms with Crippen molar-refractivity contribution in [1.82, 2.24) is 0 Å². The number of methoxy groups -OCH3 is 1. The zero-order chi connectivity index (χ0) is 24.2. The molecule has 182 valence electrons. The minimum atomic E-state index is -2.03. The van der Waals surface area contributed by atoms with Crippen LogP contribution < -0.4 is 0 Å². The lowest BCUT2D eigenvalue weighted by Gasteiger charge is -2.44. The molecule has 0 amide bonds. The van der Waals surface area contributed by atoms with Crippen LogP contribution in [0.1, 0.15) is 40.2 Å². The van der Waals surface area contributed by atoms with Crippen molar-refractivity contribution in [3.63, 3.8) is 0 Å². The molecule has 1 aromatic rings. The minimum Gasteiger partial charge on any atom is -0.469 e. The van der Waals surface area contributed by atoms with E-state index in [9.17, 15) is 9.90 Å². The first-order valence-electron chi connectivity index (χ1n) is 11.1. The molecule has 0 aromatic heterocycles. The molecular formula is C24H40O7Si. The van der Waals surface area contributed by atoms with Gasteiger partial charge in [-0.15, -0.1) is 0 Å². The third-order valence-corrected chi connectivity index (χ3v) is 11.2. The van der Waals surface area contributed by atoms with E-state index in [1.807, 2.05) is 30.3 Å². The number of carbonyl (C=O) groups excluding carboxylic acids is 1. The van der Waals surface area contributed by atoms with Crippen LogP contribution in [0.5, 0.6) is 0 Å². The van der Waals surface area contributed by atoms with E-state index < -0.39 is 44.1 Å². The summed E-state index contributed by atoms with van der Waals surface area (Å²) in [6.07, 6.45) is -3.02. The predicted molar refractivity (Wildman–Crippen MR) is 125 cm³/mol. The van der Waals surface area contributed by atoms with Crippen molar-refractivity contribution >= 4 is 14.3 Å². The van der Waals surface area contributed by atoms with Gasteiger partial charge in [0, 0.05) is 0 Å². The number of aliphatic hydroxyl groups is 1. The molecular weight excluding hydrogens is 428 g/mol. The average molecular weight is 469 g/mol. The Hall–Kier alpha value is -1.29. The van der Waals surface area contributed by atoms with Crippen LogP contribution in [-0.2, 0) is 34.8 Å². The van der Waals surface area contributed by atoms with Gasteiger partial charge in [-0.3, -0.25) is 4.79 Å². The fourth-order valence-electron chi connectivity index (χ4n) is 3.29. The molecule has 32 heavy (non-hydrogen) atoms. The summed E-state index contributed by atoms with van der Waals surface area (Å²) in [4.78, 5) is 12.3. The van der Waals surface area contributed by atoms with E-state index in [2.05, 4.69) is 33.9 Å². The molecule has 1 saturated heterocycles. The molecule has 0 unspecified atom stereocenters. The molecule has 8 heteroatoms. The van der Waals surface area contributed by atoms with Crippen molar-refractivity contribution < 1.29 is 33.3 Å². The third kappa shape index (κ3) is 6.39. The average Bonchev–Trinajstić information content (AvgIpc) is 2.75. The Morgan fingerprint density at radius 1 is 1.16 bits per heavy atom. The Labute approximate surface area is 193 Å². The number of benzene rings is 1. The van der Waals surface area contributed by atoms with Crippen molar-refractivity contribution in [1.29, 1.82) is 0 Å².